The van der Waals surface area contributed by atoms with Crippen molar-refractivity contribution >= 4 is 15.9 Å². The lowest BCUT2D eigenvalue weighted by Crippen LogP contribution is -2.18. The number of hydrogen-bond acceptors (Lipinski definition) is 2. The largest absolute Gasteiger partial charge is 0.489 e. The zero-order chi connectivity index (χ0) is 14.6. The van der Waals surface area contributed by atoms with Gasteiger partial charge in [0, 0.05) is 0 Å². The molecule has 2 nitrogen and oxygen atoms in total. The van der Waals surface area contributed by atoms with Crippen molar-refractivity contribution in [3.63, 3.8) is 0 Å². The van der Waals surface area contributed by atoms with Gasteiger partial charge in [-0.05, 0) is 39.2 Å². The molecule has 0 saturated heterocycles. The summed E-state index contributed by atoms with van der Waals surface area (Å²) < 4.78 is 31.3. The molecule has 0 fully saturated rings. The highest BCUT2D eigenvalue weighted by molar-refractivity contribution is 9.10. The van der Waals surface area contributed by atoms with Gasteiger partial charge in [-0.25, -0.2) is 0 Å². The smallest absolute Gasteiger partial charge is 0.330 e. The highest BCUT2D eigenvalue weighted by Crippen LogP contribution is 2.36. The molecule has 0 aliphatic heterocycles. The molecular weight excluding hydrogens is 330 g/mol. The van der Waals surface area contributed by atoms with Crippen LogP contribution in [-0.4, -0.2) is 9.94 Å². The lowest BCUT2D eigenvalue weighted by Gasteiger charge is -2.17. The molecule has 0 aliphatic rings. The molecule has 2 rings (SSSR count). The summed E-state index contributed by atoms with van der Waals surface area (Å²) in [4.78, 5) is -3.35. The highest BCUT2D eigenvalue weighted by Gasteiger charge is 2.35. The average Bonchev–Trinajstić information content (AvgIpc) is 2.45. The lowest BCUT2D eigenvalue weighted by atomic mass is 10.1. The number of benzene rings is 2. The van der Waals surface area contributed by atoms with Gasteiger partial charge in [0.25, 0.3) is 0 Å². The predicted octanol–water partition coefficient (Wildman–Crippen LogP) is 4.29. The Balaban J connectivity index is 1.98. The number of aliphatic hydroxyl groups is 1. The summed E-state index contributed by atoms with van der Waals surface area (Å²) in [5.74, 6) is 0.558. The van der Waals surface area contributed by atoms with Gasteiger partial charge < -0.3 is 9.84 Å². The zero-order valence-electron chi connectivity index (χ0n) is 10.5. The molecule has 1 unspecified atom stereocenters. The fourth-order valence-corrected chi connectivity index (χ4v) is 1.94. The minimum Gasteiger partial charge on any atom is -0.489 e. The van der Waals surface area contributed by atoms with Crippen LogP contribution >= 0.6 is 15.9 Å². The van der Waals surface area contributed by atoms with E-state index in [9.17, 15) is 13.9 Å². The van der Waals surface area contributed by atoms with Gasteiger partial charge in [0.1, 0.15) is 12.4 Å². The second-order valence-corrected chi connectivity index (χ2v) is 5.34. The standard InChI is InChI=1S/C15H13BrF2O2/c16-15(17,18)14(19)12-6-8-13(9-7-12)20-10-11-4-2-1-3-5-11/h1-9,14,19H,10H2. The van der Waals surface area contributed by atoms with Crippen LogP contribution in [0.1, 0.15) is 17.2 Å². The van der Waals surface area contributed by atoms with E-state index in [1.54, 1.807) is 12.1 Å². The van der Waals surface area contributed by atoms with Crippen molar-refractivity contribution in [2.45, 2.75) is 17.5 Å². The Morgan fingerprint density at radius 1 is 1.05 bits per heavy atom. The van der Waals surface area contributed by atoms with Crippen LogP contribution in [0, 0.1) is 0 Å². The van der Waals surface area contributed by atoms with Crippen LogP contribution in [0.5, 0.6) is 5.75 Å². The van der Waals surface area contributed by atoms with Crippen LogP contribution in [0.2, 0.25) is 0 Å². The van der Waals surface area contributed by atoms with Crippen molar-refractivity contribution in [3.05, 3.63) is 65.7 Å². The summed E-state index contributed by atoms with van der Waals surface area (Å²) in [6, 6.07) is 15.6. The molecule has 0 heterocycles. The fraction of sp³-hybridized carbons (Fsp3) is 0.200. The molecule has 0 spiro atoms. The number of halogens is 3. The molecule has 2 aromatic rings. The van der Waals surface area contributed by atoms with Crippen LogP contribution in [0.25, 0.3) is 0 Å². The van der Waals surface area contributed by atoms with Crippen molar-refractivity contribution in [1.82, 2.24) is 0 Å². The Kier molecular flexibility index (Phi) is 4.73. The Morgan fingerprint density at radius 3 is 2.20 bits per heavy atom. The third-order valence-corrected chi connectivity index (χ3v) is 3.19. The van der Waals surface area contributed by atoms with Gasteiger partial charge in [0.2, 0.25) is 0 Å². The van der Waals surface area contributed by atoms with E-state index in [4.69, 9.17) is 4.74 Å². The molecule has 0 saturated carbocycles. The molecule has 1 atom stereocenters. The van der Waals surface area contributed by atoms with Gasteiger partial charge in [-0.15, -0.1) is 0 Å². The fourth-order valence-electron chi connectivity index (χ4n) is 1.68. The van der Waals surface area contributed by atoms with E-state index in [2.05, 4.69) is 15.9 Å². The van der Waals surface area contributed by atoms with Gasteiger partial charge in [-0.3, -0.25) is 0 Å². The molecule has 5 heteroatoms. The first-order chi connectivity index (χ1) is 9.47. The van der Waals surface area contributed by atoms with Crippen LogP contribution in [-0.2, 0) is 6.61 Å². The van der Waals surface area contributed by atoms with E-state index in [1.807, 2.05) is 30.3 Å². The van der Waals surface area contributed by atoms with Crippen LogP contribution in [0.15, 0.2) is 54.6 Å². The normalized spacial score (nSPS) is 13.0. The summed E-state index contributed by atoms with van der Waals surface area (Å²) in [5, 5.41) is 9.42. The van der Waals surface area contributed by atoms with Gasteiger partial charge in [0.15, 0.2) is 6.10 Å². The zero-order valence-corrected chi connectivity index (χ0v) is 12.1. The number of alkyl halides is 3. The van der Waals surface area contributed by atoms with Crippen LogP contribution in [0.4, 0.5) is 8.78 Å². The molecule has 106 valence electrons. The second kappa shape index (κ2) is 6.33. The van der Waals surface area contributed by atoms with E-state index < -0.39 is 10.9 Å². The molecule has 0 aliphatic carbocycles. The van der Waals surface area contributed by atoms with Crippen molar-refractivity contribution in [2.75, 3.05) is 0 Å². The van der Waals surface area contributed by atoms with Gasteiger partial charge in [0.05, 0.1) is 0 Å². The van der Waals surface area contributed by atoms with Crippen molar-refractivity contribution in [1.29, 1.82) is 0 Å². The molecule has 2 aromatic carbocycles. The topological polar surface area (TPSA) is 29.5 Å². The first-order valence-electron chi connectivity index (χ1n) is 5.98. The Bertz CT molecular complexity index is 538. The third kappa shape index (κ3) is 4.02. The van der Waals surface area contributed by atoms with E-state index in [1.165, 1.54) is 12.1 Å². The molecule has 20 heavy (non-hydrogen) atoms. The van der Waals surface area contributed by atoms with E-state index >= 15 is 0 Å². The second-order valence-electron chi connectivity index (χ2n) is 4.29. The molecule has 0 aromatic heterocycles. The first kappa shape index (κ1) is 14.9. The molecule has 0 amide bonds. The van der Waals surface area contributed by atoms with Gasteiger partial charge in [-0.2, -0.15) is 8.78 Å². The van der Waals surface area contributed by atoms with Gasteiger partial charge >= 0.3 is 4.83 Å². The van der Waals surface area contributed by atoms with Crippen LogP contribution < -0.4 is 4.74 Å². The SMILES string of the molecule is OC(c1ccc(OCc2ccccc2)cc1)C(F)(F)Br. The Morgan fingerprint density at radius 2 is 1.65 bits per heavy atom. The summed E-state index contributed by atoms with van der Waals surface area (Å²) in [5.41, 5.74) is 1.14. The maximum Gasteiger partial charge on any atom is 0.330 e. The third-order valence-electron chi connectivity index (χ3n) is 2.75. The number of ether oxygens (including phenoxy) is 1. The quantitative estimate of drug-likeness (QED) is 0.821. The Labute approximate surface area is 124 Å². The average molecular weight is 343 g/mol. The van der Waals surface area contributed by atoms with Gasteiger partial charge in [-0.1, -0.05) is 42.5 Å². The number of rotatable bonds is 5. The molecule has 0 bridgehead atoms. The number of hydrogen-bond donors (Lipinski definition) is 1. The first-order valence-corrected chi connectivity index (χ1v) is 6.77. The molecular formula is C15H13BrF2O2. The highest BCUT2D eigenvalue weighted by atomic mass is 79.9. The maximum absolute atomic E-state index is 12.9. The summed E-state index contributed by atoms with van der Waals surface area (Å²) in [6.07, 6.45) is -1.88. The molecule has 1 N–H and O–H groups in total. The minimum atomic E-state index is -3.35. The lowest BCUT2D eigenvalue weighted by molar-refractivity contribution is -0.0294. The summed E-state index contributed by atoms with van der Waals surface area (Å²) in [7, 11) is 0. The summed E-state index contributed by atoms with van der Waals surface area (Å²) >= 11 is 2.15. The minimum absolute atomic E-state index is 0.124. The van der Waals surface area contributed by atoms with E-state index in [-0.39, 0.29) is 5.56 Å². The van der Waals surface area contributed by atoms with Crippen LogP contribution in [0.3, 0.4) is 0 Å². The molecule has 0 radical (unpaired) electrons. The van der Waals surface area contributed by atoms with E-state index in [0.29, 0.717) is 12.4 Å². The number of aliphatic hydroxyl groups excluding tert-OH is 1. The van der Waals surface area contributed by atoms with Crippen molar-refractivity contribution in [3.8, 4) is 5.75 Å². The van der Waals surface area contributed by atoms with E-state index in [0.717, 1.165) is 5.56 Å². The summed E-state index contributed by atoms with van der Waals surface area (Å²) in [6.45, 7) is 0.400. The van der Waals surface area contributed by atoms with Crippen molar-refractivity contribution in [2.24, 2.45) is 0 Å². The Hall–Kier alpha value is -1.46. The predicted molar refractivity (Wildman–Crippen MR) is 76.0 cm³/mol. The monoisotopic (exact) mass is 342 g/mol. The maximum atomic E-state index is 12.9. The van der Waals surface area contributed by atoms with Crippen molar-refractivity contribution < 1.29 is 18.6 Å².